The van der Waals surface area contributed by atoms with Crippen LogP contribution >= 0.6 is 11.3 Å². The third kappa shape index (κ3) is 3.45. The molecular weight excluding hydrogens is 262 g/mol. The summed E-state index contributed by atoms with van der Waals surface area (Å²) in [5.41, 5.74) is 0.881. The van der Waals surface area contributed by atoms with Gasteiger partial charge in [0.25, 0.3) is 0 Å². The van der Waals surface area contributed by atoms with Gasteiger partial charge in [-0.25, -0.2) is 4.98 Å². The molecule has 1 aromatic rings. The van der Waals surface area contributed by atoms with Crippen LogP contribution in [0.2, 0.25) is 0 Å². The van der Waals surface area contributed by atoms with E-state index in [1.165, 1.54) is 25.8 Å². The largest absolute Gasteiger partial charge is 0.481 e. The summed E-state index contributed by atoms with van der Waals surface area (Å²) in [5, 5.41) is 15.0. The van der Waals surface area contributed by atoms with Crippen LogP contribution in [0.1, 0.15) is 31.4 Å². The predicted molar refractivity (Wildman–Crippen MR) is 74.7 cm³/mol. The fraction of sp³-hybridized carbons (Fsp3) is 0.692. The molecular formula is C13H19N3O2S. The number of aryl methyl sites for hydroxylation is 1. The minimum absolute atomic E-state index is 0.155. The molecule has 104 valence electrons. The van der Waals surface area contributed by atoms with Gasteiger partial charge in [0.1, 0.15) is 0 Å². The SMILES string of the molecule is O=C(O)CCc1csc(NC2CCN(C3CC3)C2)n1. The molecule has 2 heterocycles. The lowest BCUT2D eigenvalue weighted by Gasteiger charge is -2.15. The Balaban J connectivity index is 1.48. The molecule has 1 atom stereocenters. The van der Waals surface area contributed by atoms with Crippen molar-refractivity contribution < 1.29 is 9.90 Å². The highest BCUT2D eigenvalue weighted by Crippen LogP contribution is 2.31. The molecule has 3 rings (SSSR count). The van der Waals surface area contributed by atoms with Gasteiger partial charge in [-0.1, -0.05) is 0 Å². The Bertz CT molecular complexity index is 458. The van der Waals surface area contributed by atoms with E-state index in [9.17, 15) is 4.79 Å². The second kappa shape index (κ2) is 5.46. The first-order valence-electron chi connectivity index (χ1n) is 6.87. The minimum Gasteiger partial charge on any atom is -0.481 e. The number of anilines is 1. The summed E-state index contributed by atoms with van der Waals surface area (Å²) in [6.45, 7) is 2.31. The van der Waals surface area contributed by atoms with Crippen LogP contribution in [0.4, 0.5) is 5.13 Å². The summed E-state index contributed by atoms with van der Waals surface area (Å²) in [6, 6.07) is 1.34. The van der Waals surface area contributed by atoms with Crippen LogP contribution in [0, 0.1) is 0 Å². The first-order valence-corrected chi connectivity index (χ1v) is 7.75. The Labute approximate surface area is 116 Å². The molecule has 1 saturated heterocycles. The highest BCUT2D eigenvalue weighted by atomic mass is 32.1. The molecule has 2 N–H and O–H groups in total. The smallest absolute Gasteiger partial charge is 0.303 e. The second-order valence-corrected chi connectivity index (χ2v) is 6.25. The van der Waals surface area contributed by atoms with Crippen molar-refractivity contribution >= 4 is 22.4 Å². The van der Waals surface area contributed by atoms with Crippen molar-refractivity contribution in [3.05, 3.63) is 11.1 Å². The molecule has 0 amide bonds. The van der Waals surface area contributed by atoms with Crippen molar-refractivity contribution in [3.8, 4) is 0 Å². The number of aliphatic carboxylic acids is 1. The van der Waals surface area contributed by atoms with E-state index in [2.05, 4.69) is 15.2 Å². The molecule has 0 radical (unpaired) electrons. The third-order valence-electron chi connectivity index (χ3n) is 3.76. The number of thiazole rings is 1. The Morgan fingerprint density at radius 1 is 1.53 bits per heavy atom. The fourth-order valence-corrected chi connectivity index (χ4v) is 3.40. The van der Waals surface area contributed by atoms with E-state index >= 15 is 0 Å². The lowest BCUT2D eigenvalue weighted by Crippen LogP contribution is -2.27. The number of nitrogens with zero attached hydrogens (tertiary/aromatic N) is 2. The quantitative estimate of drug-likeness (QED) is 0.832. The van der Waals surface area contributed by atoms with Crippen LogP contribution < -0.4 is 5.32 Å². The topological polar surface area (TPSA) is 65.5 Å². The molecule has 1 aromatic heterocycles. The number of carboxylic acids is 1. The summed E-state index contributed by atoms with van der Waals surface area (Å²) in [6.07, 6.45) is 4.58. The van der Waals surface area contributed by atoms with Crippen molar-refractivity contribution in [3.63, 3.8) is 0 Å². The number of carbonyl (C=O) groups is 1. The van der Waals surface area contributed by atoms with Gasteiger partial charge in [-0.05, 0) is 19.3 Å². The number of nitrogens with one attached hydrogen (secondary N) is 1. The molecule has 0 spiro atoms. The van der Waals surface area contributed by atoms with Crippen LogP contribution in [0.15, 0.2) is 5.38 Å². The maximum atomic E-state index is 10.5. The zero-order valence-electron chi connectivity index (χ0n) is 10.8. The summed E-state index contributed by atoms with van der Waals surface area (Å²) in [4.78, 5) is 17.5. The molecule has 1 saturated carbocycles. The van der Waals surface area contributed by atoms with Gasteiger partial charge in [0.2, 0.25) is 0 Å². The molecule has 5 nitrogen and oxygen atoms in total. The molecule has 2 fully saturated rings. The molecule has 0 aromatic carbocycles. The van der Waals surface area contributed by atoms with E-state index in [0.717, 1.165) is 23.4 Å². The first kappa shape index (κ1) is 12.9. The molecule has 6 heteroatoms. The number of hydrogen-bond acceptors (Lipinski definition) is 5. The van der Waals surface area contributed by atoms with E-state index in [-0.39, 0.29) is 6.42 Å². The lowest BCUT2D eigenvalue weighted by atomic mass is 10.2. The summed E-state index contributed by atoms with van der Waals surface area (Å²) in [7, 11) is 0. The molecule has 1 unspecified atom stereocenters. The van der Waals surface area contributed by atoms with Gasteiger partial charge in [0.05, 0.1) is 12.1 Å². The van der Waals surface area contributed by atoms with Gasteiger partial charge in [0.15, 0.2) is 5.13 Å². The summed E-state index contributed by atoms with van der Waals surface area (Å²) < 4.78 is 0. The van der Waals surface area contributed by atoms with Crippen molar-refractivity contribution in [1.29, 1.82) is 0 Å². The highest BCUT2D eigenvalue weighted by Gasteiger charge is 2.34. The number of carboxylic acid groups (broad SMARTS) is 1. The van der Waals surface area contributed by atoms with E-state index < -0.39 is 5.97 Å². The average Bonchev–Trinajstić information content (AvgIpc) is 2.96. The normalized spacial score (nSPS) is 23.7. The zero-order chi connectivity index (χ0) is 13.2. The monoisotopic (exact) mass is 281 g/mol. The predicted octanol–water partition coefficient (Wildman–Crippen LogP) is 1.81. The summed E-state index contributed by atoms with van der Waals surface area (Å²) >= 11 is 1.58. The molecule has 0 bridgehead atoms. The van der Waals surface area contributed by atoms with Crippen molar-refractivity contribution in [2.24, 2.45) is 0 Å². The first-order chi connectivity index (χ1) is 9.20. The van der Waals surface area contributed by atoms with Crippen LogP contribution in [0.5, 0.6) is 0 Å². The molecule has 1 aliphatic heterocycles. The third-order valence-corrected chi connectivity index (χ3v) is 4.58. The minimum atomic E-state index is -0.765. The average molecular weight is 281 g/mol. The van der Waals surface area contributed by atoms with Crippen LogP contribution in [-0.2, 0) is 11.2 Å². The van der Waals surface area contributed by atoms with Gasteiger partial charge < -0.3 is 10.4 Å². The zero-order valence-corrected chi connectivity index (χ0v) is 11.7. The van der Waals surface area contributed by atoms with E-state index in [1.807, 2.05) is 5.38 Å². The maximum absolute atomic E-state index is 10.5. The highest BCUT2D eigenvalue weighted by molar-refractivity contribution is 7.13. The molecule has 19 heavy (non-hydrogen) atoms. The van der Waals surface area contributed by atoms with E-state index in [4.69, 9.17) is 5.11 Å². The van der Waals surface area contributed by atoms with E-state index in [0.29, 0.717) is 12.5 Å². The number of aromatic nitrogens is 1. The number of hydrogen-bond donors (Lipinski definition) is 2. The van der Waals surface area contributed by atoms with Gasteiger partial charge in [-0.3, -0.25) is 9.69 Å². The van der Waals surface area contributed by atoms with Gasteiger partial charge in [-0.2, -0.15) is 0 Å². The van der Waals surface area contributed by atoms with Crippen molar-refractivity contribution in [2.75, 3.05) is 18.4 Å². The van der Waals surface area contributed by atoms with E-state index in [1.54, 1.807) is 11.3 Å². The molecule has 1 aliphatic carbocycles. The summed E-state index contributed by atoms with van der Waals surface area (Å²) in [5.74, 6) is -0.765. The van der Waals surface area contributed by atoms with Gasteiger partial charge in [-0.15, -0.1) is 11.3 Å². The standard InChI is InChI=1S/C13H19N3O2S/c17-12(18)4-1-10-8-19-13(15-10)14-9-5-6-16(7-9)11-2-3-11/h8-9,11H,1-7H2,(H,14,15)(H,17,18). The second-order valence-electron chi connectivity index (χ2n) is 5.39. The van der Waals surface area contributed by atoms with Crippen LogP contribution in [-0.4, -0.2) is 46.1 Å². The Morgan fingerprint density at radius 2 is 2.37 bits per heavy atom. The van der Waals surface area contributed by atoms with Crippen molar-refractivity contribution in [1.82, 2.24) is 9.88 Å². The maximum Gasteiger partial charge on any atom is 0.303 e. The Hall–Kier alpha value is -1.14. The van der Waals surface area contributed by atoms with Crippen LogP contribution in [0.3, 0.4) is 0 Å². The fourth-order valence-electron chi connectivity index (χ4n) is 2.57. The Kier molecular flexibility index (Phi) is 3.70. The Morgan fingerprint density at radius 3 is 3.11 bits per heavy atom. The van der Waals surface area contributed by atoms with Gasteiger partial charge >= 0.3 is 5.97 Å². The van der Waals surface area contributed by atoms with Gasteiger partial charge in [0, 0.05) is 37.0 Å². The number of likely N-dealkylation sites (tertiary alicyclic amines) is 1. The molecule has 2 aliphatic rings. The van der Waals surface area contributed by atoms with Crippen LogP contribution in [0.25, 0.3) is 0 Å². The van der Waals surface area contributed by atoms with Crippen molar-refractivity contribution in [2.45, 2.75) is 44.2 Å². The number of rotatable bonds is 6. The lowest BCUT2D eigenvalue weighted by molar-refractivity contribution is -0.136.